The fourth-order valence-corrected chi connectivity index (χ4v) is 7.25. The Bertz CT molecular complexity index is 1540. The number of nitrogens with zero attached hydrogens (tertiary/aromatic N) is 2. The zero-order valence-electron chi connectivity index (χ0n) is 26.1. The van der Waals surface area contributed by atoms with Gasteiger partial charge in [-0.2, -0.15) is 4.58 Å². The average Bonchev–Trinajstić information content (AvgIpc) is 3.32. The van der Waals surface area contributed by atoms with Crippen molar-refractivity contribution in [3.05, 3.63) is 106 Å². The Hall–Kier alpha value is -3.37. The largest absolute Gasteiger partial charge is 0.356 e. The monoisotopic (exact) mass is 582 g/mol. The molecule has 5 rings (SSSR count). The molecule has 4 nitrogen and oxygen atoms in total. The summed E-state index contributed by atoms with van der Waals surface area (Å²) < 4.78 is 2.42. The van der Waals surface area contributed by atoms with Gasteiger partial charge in [0, 0.05) is 66.0 Å². The summed E-state index contributed by atoms with van der Waals surface area (Å²) >= 11 is 7.13. The summed E-state index contributed by atoms with van der Waals surface area (Å²) in [5, 5.41) is 3.83. The Balaban J connectivity index is 1.46. The normalized spacial score (nSPS) is 21.1. The molecular weight excluding hydrogens is 538 g/mol. The Kier molecular flexibility index (Phi) is 8.66. The van der Waals surface area contributed by atoms with Gasteiger partial charge in [-0.05, 0) is 68.9 Å². The van der Waals surface area contributed by atoms with Gasteiger partial charge in [0.2, 0.25) is 11.6 Å². The van der Waals surface area contributed by atoms with Gasteiger partial charge in [-0.3, -0.25) is 4.79 Å². The molecule has 0 saturated carbocycles. The third-order valence-electron chi connectivity index (χ3n) is 9.19. The number of fused-ring (bicyclic) bond motifs is 2. The van der Waals surface area contributed by atoms with E-state index in [1.807, 2.05) is 0 Å². The van der Waals surface area contributed by atoms with E-state index in [-0.39, 0.29) is 16.7 Å². The van der Waals surface area contributed by atoms with Gasteiger partial charge in [0.05, 0.1) is 5.41 Å². The average molecular weight is 583 g/mol. The summed E-state index contributed by atoms with van der Waals surface area (Å²) in [4.78, 5) is 13.8. The van der Waals surface area contributed by atoms with Crippen LogP contribution in [0.25, 0.3) is 0 Å². The van der Waals surface area contributed by atoms with Gasteiger partial charge in [-0.15, -0.1) is 0 Å². The minimum atomic E-state index is -0.126. The zero-order valence-corrected chi connectivity index (χ0v) is 26.8. The number of halogens is 1. The maximum absolute atomic E-state index is 11.4. The van der Waals surface area contributed by atoms with Gasteiger partial charge < -0.3 is 10.2 Å². The van der Waals surface area contributed by atoms with Crippen LogP contribution < -0.4 is 10.2 Å². The number of amides is 1. The number of benzene rings is 2. The summed E-state index contributed by atoms with van der Waals surface area (Å²) in [6.07, 6.45) is 13.0. The number of nitrogens with one attached hydrogen (secondary N) is 1. The lowest BCUT2D eigenvalue weighted by Crippen LogP contribution is -2.29. The van der Waals surface area contributed by atoms with E-state index in [0.29, 0.717) is 6.54 Å². The van der Waals surface area contributed by atoms with Crippen LogP contribution in [-0.2, 0) is 15.6 Å². The minimum Gasteiger partial charge on any atom is -0.356 e. The van der Waals surface area contributed by atoms with Crippen LogP contribution in [0.4, 0.5) is 11.4 Å². The SMILES string of the molecule is CCN1/C(=C/C=C2\CCCC(/C=C/C3=[N+](CCCNC(C)=O)c4ccccc4C3(C)C)=C2Cl)C(C)(C)c2ccccc21. The predicted octanol–water partition coefficient (Wildman–Crippen LogP) is 8.45. The van der Waals surface area contributed by atoms with Crippen LogP contribution in [0.3, 0.4) is 0 Å². The van der Waals surface area contributed by atoms with Crippen molar-refractivity contribution in [2.24, 2.45) is 0 Å². The Morgan fingerprint density at radius 2 is 1.69 bits per heavy atom. The van der Waals surface area contributed by atoms with Crippen LogP contribution >= 0.6 is 11.6 Å². The third-order valence-corrected chi connectivity index (χ3v) is 9.67. The molecule has 2 aromatic rings. The lowest BCUT2D eigenvalue weighted by molar-refractivity contribution is -0.437. The number of hydrogen-bond donors (Lipinski definition) is 1. The highest BCUT2D eigenvalue weighted by Crippen LogP contribution is 2.47. The zero-order chi connectivity index (χ0) is 30.1. The van der Waals surface area contributed by atoms with Crippen molar-refractivity contribution in [2.75, 3.05) is 24.5 Å². The van der Waals surface area contributed by atoms with Crippen LogP contribution in [-0.4, -0.2) is 35.8 Å². The number of carbonyl (C=O) groups is 1. The topological polar surface area (TPSA) is 35.4 Å². The molecule has 0 atom stereocenters. The molecule has 0 spiro atoms. The number of para-hydroxylation sites is 2. The fraction of sp³-hybridized carbons (Fsp3) is 0.405. The molecule has 2 aliphatic heterocycles. The van der Waals surface area contributed by atoms with E-state index in [4.69, 9.17) is 11.6 Å². The summed E-state index contributed by atoms with van der Waals surface area (Å²) in [6.45, 7) is 15.5. The standard InChI is InChI=1S/C37H44ClN3O/c1-7-40-31-18-10-8-16-29(31)36(3,4)33(40)22-20-27-14-12-15-28(35(27)38)21-23-34-37(5,6)30-17-9-11-19-32(30)41(34)25-13-24-39-26(2)42/h8-11,16-23H,7,12-15,24-25H2,1-6H3/p+1. The number of carbonyl (C=O) groups excluding carboxylic acids is 1. The van der Waals surface area contributed by atoms with E-state index in [2.05, 4.69) is 122 Å². The van der Waals surface area contributed by atoms with E-state index < -0.39 is 0 Å². The number of rotatable bonds is 8. The fourth-order valence-electron chi connectivity index (χ4n) is 6.93. The highest BCUT2D eigenvalue weighted by Gasteiger charge is 2.44. The summed E-state index contributed by atoms with van der Waals surface area (Å²) in [5.74, 6) is 0.0167. The summed E-state index contributed by atoms with van der Waals surface area (Å²) in [7, 11) is 0. The molecule has 1 aliphatic carbocycles. The quantitative estimate of drug-likeness (QED) is 0.250. The van der Waals surface area contributed by atoms with Crippen LogP contribution in [0.15, 0.2) is 94.7 Å². The Morgan fingerprint density at radius 1 is 0.976 bits per heavy atom. The van der Waals surface area contributed by atoms with Crippen molar-refractivity contribution in [1.82, 2.24) is 5.32 Å². The van der Waals surface area contributed by atoms with Gasteiger partial charge >= 0.3 is 0 Å². The lowest BCUT2D eigenvalue weighted by Gasteiger charge is -2.26. The van der Waals surface area contributed by atoms with E-state index in [1.165, 1.54) is 45.1 Å². The Labute approximate surface area is 257 Å². The van der Waals surface area contributed by atoms with Gasteiger partial charge in [0.15, 0.2) is 12.3 Å². The van der Waals surface area contributed by atoms with Gasteiger partial charge in [0.1, 0.15) is 0 Å². The van der Waals surface area contributed by atoms with Crippen LogP contribution in [0.5, 0.6) is 0 Å². The molecule has 0 aromatic heterocycles. The smallest absolute Gasteiger partial charge is 0.216 e. The van der Waals surface area contributed by atoms with Crippen LogP contribution in [0.2, 0.25) is 0 Å². The number of allylic oxidation sites excluding steroid dienone is 8. The molecule has 0 fully saturated rings. The molecule has 3 aliphatic rings. The van der Waals surface area contributed by atoms with Crippen molar-refractivity contribution >= 4 is 34.6 Å². The molecule has 1 amide bonds. The van der Waals surface area contributed by atoms with Crippen LogP contribution in [0.1, 0.15) is 78.4 Å². The second-order valence-electron chi connectivity index (χ2n) is 12.7. The predicted molar refractivity (Wildman–Crippen MR) is 177 cm³/mol. The molecule has 42 heavy (non-hydrogen) atoms. The second kappa shape index (κ2) is 12.1. The summed E-state index contributed by atoms with van der Waals surface area (Å²) in [5.41, 5.74) is 10.1. The van der Waals surface area contributed by atoms with Crippen molar-refractivity contribution in [3.63, 3.8) is 0 Å². The Morgan fingerprint density at radius 3 is 2.43 bits per heavy atom. The molecule has 2 aromatic carbocycles. The molecule has 0 bridgehead atoms. The second-order valence-corrected chi connectivity index (χ2v) is 13.0. The maximum atomic E-state index is 11.4. The van der Waals surface area contributed by atoms with Gasteiger partial charge in [0.25, 0.3) is 0 Å². The number of hydrogen-bond acceptors (Lipinski definition) is 2. The first kappa shape index (κ1) is 30.1. The molecule has 0 radical (unpaired) electrons. The molecule has 0 unspecified atom stereocenters. The molecule has 1 N–H and O–H groups in total. The highest BCUT2D eigenvalue weighted by molar-refractivity contribution is 6.32. The summed E-state index contributed by atoms with van der Waals surface area (Å²) in [6, 6.07) is 17.4. The van der Waals surface area contributed by atoms with E-state index in [9.17, 15) is 4.79 Å². The van der Waals surface area contributed by atoms with Crippen LogP contribution in [0, 0.1) is 0 Å². The molecule has 0 saturated heterocycles. The molecule has 2 heterocycles. The molecule has 5 heteroatoms. The number of anilines is 1. The lowest BCUT2D eigenvalue weighted by atomic mass is 9.81. The first-order valence-corrected chi connectivity index (χ1v) is 15.8. The molecular formula is C37H45ClN3O+. The first-order chi connectivity index (χ1) is 20.1. The van der Waals surface area contributed by atoms with Crippen molar-refractivity contribution in [2.45, 2.75) is 78.1 Å². The van der Waals surface area contributed by atoms with Crippen molar-refractivity contribution in [3.8, 4) is 0 Å². The molecule has 220 valence electrons. The first-order valence-electron chi connectivity index (χ1n) is 15.4. The van der Waals surface area contributed by atoms with E-state index >= 15 is 0 Å². The van der Waals surface area contributed by atoms with Crippen molar-refractivity contribution in [1.29, 1.82) is 0 Å². The van der Waals surface area contributed by atoms with Gasteiger partial charge in [-0.25, -0.2) is 0 Å². The number of likely N-dealkylation sites (N-methyl/N-ethyl adjacent to an activating group) is 1. The van der Waals surface area contributed by atoms with Crippen molar-refractivity contribution < 1.29 is 9.37 Å². The van der Waals surface area contributed by atoms with E-state index in [0.717, 1.165) is 43.8 Å². The maximum Gasteiger partial charge on any atom is 0.216 e. The minimum absolute atomic E-state index is 0.0167. The van der Waals surface area contributed by atoms with E-state index in [1.54, 1.807) is 6.92 Å². The third kappa shape index (κ3) is 5.54. The van der Waals surface area contributed by atoms with Gasteiger partial charge in [-0.1, -0.05) is 74.0 Å². The highest BCUT2D eigenvalue weighted by atomic mass is 35.5.